The summed E-state index contributed by atoms with van der Waals surface area (Å²) in [7, 11) is 1.49. The lowest BCUT2D eigenvalue weighted by Gasteiger charge is -2.34. The fourth-order valence-corrected chi connectivity index (χ4v) is 1.74. The van der Waals surface area contributed by atoms with Crippen LogP contribution in [0.15, 0.2) is 24.3 Å². The van der Waals surface area contributed by atoms with Crippen molar-refractivity contribution in [1.29, 1.82) is 0 Å². The van der Waals surface area contributed by atoms with Crippen molar-refractivity contribution in [1.82, 2.24) is 10.4 Å². The van der Waals surface area contributed by atoms with E-state index in [2.05, 4.69) is 17.3 Å². The van der Waals surface area contributed by atoms with Gasteiger partial charge in [-0.3, -0.25) is 15.0 Å². The van der Waals surface area contributed by atoms with Crippen molar-refractivity contribution in [2.24, 2.45) is 0 Å². The van der Waals surface area contributed by atoms with Gasteiger partial charge in [-0.15, -0.1) is 0 Å². The Morgan fingerprint density at radius 2 is 1.91 bits per heavy atom. The third-order valence-electron chi connectivity index (χ3n) is 2.81. The summed E-state index contributed by atoms with van der Waals surface area (Å²) >= 11 is 0. The van der Waals surface area contributed by atoms with Crippen molar-refractivity contribution in [3.05, 3.63) is 29.8 Å². The van der Waals surface area contributed by atoms with Gasteiger partial charge in [0.1, 0.15) is 5.75 Å². The van der Waals surface area contributed by atoms with Crippen molar-refractivity contribution in [3.8, 4) is 17.6 Å². The molecule has 118 valence electrons. The van der Waals surface area contributed by atoms with Gasteiger partial charge in [0.05, 0.1) is 18.2 Å². The minimum atomic E-state index is -0.600. The highest BCUT2D eigenvalue weighted by Gasteiger charge is 2.28. The Hall–Kier alpha value is -2.48. The zero-order chi connectivity index (χ0) is 16.8. The summed E-state index contributed by atoms with van der Waals surface area (Å²) in [5.41, 5.74) is 2.38. The molecule has 2 amide bonds. The molecule has 0 heterocycles. The fraction of sp³-hybridized carbons (Fsp3) is 0.412. The second-order valence-electron chi connectivity index (χ2n) is 5.61. The van der Waals surface area contributed by atoms with Gasteiger partial charge in [-0.2, -0.15) is 0 Å². The van der Waals surface area contributed by atoms with Crippen LogP contribution in [0.5, 0.6) is 5.75 Å². The summed E-state index contributed by atoms with van der Waals surface area (Å²) in [6.07, 6.45) is 0.574. The Balaban J connectivity index is 3.04. The van der Waals surface area contributed by atoms with Gasteiger partial charge in [0.2, 0.25) is 0 Å². The normalized spacial score (nSPS) is 10.2. The molecule has 0 aliphatic rings. The molecule has 1 rings (SSSR count). The average Bonchev–Trinajstić information content (AvgIpc) is 2.48. The number of amides is 2. The highest BCUT2D eigenvalue weighted by atomic mass is 16.5. The molecule has 0 aromatic heterocycles. The quantitative estimate of drug-likeness (QED) is 0.674. The van der Waals surface area contributed by atoms with Crippen LogP contribution in [0.1, 0.15) is 44.5 Å². The van der Waals surface area contributed by atoms with E-state index in [1.807, 2.05) is 27.7 Å². The molecule has 5 heteroatoms. The van der Waals surface area contributed by atoms with Gasteiger partial charge in [-0.1, -0.05) is 25.0 Å². The number of hydrazine groups is 1. The van der Waals surface area contributed by atoms with Crippen LogP contribution in [0.2, 0.25) is 0 Å². The molecule has 0 radical (unpaired) electrons. The highest BCUT2D eigenvalue weighted by Crippen LogP contribution is 2.18. The molecule has 0 bridgehead atoms. The standard InChI is InChI=1S/C17H22N2O3/c1-6-7-12-15(20)19(17(2,3)4)18-16(21)13-10-8-9-11-14(13)22-5/h8-11H,6H2,1-5H3,(H,18,21). The molecule has 0 spiro atoms. The van der Waals surface area contributed by atoms with Crippen LogP contribution in [-0.2, 0) is 4.79 Å². The SMILES string of the molecule is CCC#CC(=O)N(NC(=O)c1ccccc1OC)C(C)(C)C. The van der Waals surface area contributed by atoms with E-state index in [0.29, 0.717) is 17.7 Å². The predicted molar refractivity (Wildman–Crippen MR) is 85.1 cm³/mol. The first-order chi connectivity index (χ1) is 10.3. The van der Waals surface area contributed by atoms with Gasteiger partial charge in [0.15, 0.2) is 0 Å². The number of ether oxygens (including phenoxy) is 1. The number of para-hydroxylation sites is 1. The Labute approximate surface area is 131 Å². The fourth-order valence-electron chi connectivity index (χ4n) is 1.74. The van der Waals surface area contributed by atoms with Gasteiger partial charge in [-0.05, 0) is 38.8 Å². The molecule has 0 saturated carbocycles. The topological polar surface area (TPSA) is 58.6 Å². The number of carbonyl (C=O) groups is 2. The highest BCUT2D eigenvalue weighted by molar-refractivity contribution is 6.00. The molecule has 1 aromatic carbocycles. The number of rotatable bonds is 2. The third kappa shape index (κ3) is 4.52. The summed E-state index contributed by atoms with van der Waals surface area (Å²) in [5.74, 6) is 4.82. The van der Waals surface area contributed by atoms with E-state index in [1.165, 1.54) is 12.1 Å². The van der Waals surface area contributed by atoms with Gasteiger partial charge < -0.3 is 4.74 Å². The number of nitrogens with zero attached hydrogens (tertiary/aromatic N) is 1. The Morgan fingerprint density at radius 3 is 2.45 bits per heavy atom. The molecule has 0 fully saturated rings. The Bertz CT molecular complexity index is 606. The zero-order valence-electron chi connectivity index (χ0n) is 13.7. The van der Waals surface area contributed by atoms with Crippen molar-refractivity contribution < 1.29 is 14.3 Å². The lowest BCUT2D eigenvalue weighted by atomic mass is 10.1. The molecular formula is C17H22N2O3. The smallest absolute Gasteiger partial charge is 0.317 e. The number of hydrogen-bond donors (Lipinski definition) is 1. The van der Waals surface area contributed by atoms with E-state index in [1.54, 1.807) is 24.3 Å². The molecular weight excluding hydrogens is 280 g/mol. The van der Waals surface area contributed by atoms with Crippen molar-refractivity contribution in [3.63, 3.8) is 0 Å². The van der Waals surface area contributed by atoms with E-state index in [-0.39, 0.29) is 0 Å². The lowest BCUT2D eigenvalue weighted by Crippen LogP contribution is -2.55. The first kappa shape index (κ1) is 17.6. The molecule has 0 aliphatic carbocycles. The Morgan fingerprint density at radius 1 is 1.27 bits per heavy atom. The molecule has 5 nitrogen and oxygen atoms in total. The molecule has 0 aliphatic heterocycles. The van der Waals surface area contributed by atoms with Gasteiger partial charge in [0.25, 0.3) is 5.91 Å². The van der Waals surface area contributed by atoms with E-state index in [9.17, 15) is 9.59 Å². The number of carbonyl (C=O) groups excluding carboxylic acids is 2. The van der Waals surface area contributed by atoms with Crippen LogP contribution < -0.4 is 10.2 Å². The molecule has 1 N–H and O–H groups in total. The second-order valence-corrected chi connectivity index (χ2v) is 5.61. The summed E-state index contributed by atoms with van der Waals surface area (Å²) in [5, 5.41) is 1.24. The van der Waals surface area contributed by atoms with Gasteiger partial charge in [0, 0.05) is 6.42 Å². The summed E-state index contributed by atoms with van der Waals surface area (Å²) in [6, 6.07) is 6.83. The maximum absolute atomic E-state index is 12.4. The first-order valence-electron chi connectivity index (χ1n) is 7.08. The van der Waals surface area contributed by atoms with Crippen LogP contribution in [-0.4, -0.2) is 29.5 Å². The molecule has 0 atom stereocenters. The van der Waals surface area contributed by atoms with Crippen molar-refractivity contribution >= 4 is 11.8 Å². The maximum Gasteiger partial charge on any atom is 0.317 e. The predicted octanol–water partition coefficient (Wildman–Crippen LogP) is 2.38. The van der Waals surface area contributed by atoms with Crippen LogP contribution >= 0.6 is 0 Å². The number of methoxy groups -OCH3 is 1. The molecule has 22 heavy (non-hydrogen) atoms. The van der Waals surface area contributed by atoms with E-state index in [4.69, 9.17) is 4.74 Å². The minimum absolute atomic E-state index is 0.357. The number of benzene rings is 1. The van der Waals surface area contributed by atoms with Crippen molar-refractivity contribution in [2.45, 2.75) is 39.7 Å². The third-order valence-corrected chi connectivity index (χ3v) is 2.81. The number of nitrogens with one attached hydrogen (secondary N) is 1. The molecule has 0 saturated heterocycles. The van der Waals surface area contributed by atoms with E-state index >= 15 is 0 Å². The number of hydrogen-bond acceptors (Lipinski definition) is 3. The lowest BCUT2D eigenvalue weighted by molar-refractivity contribution is -0.132. The van der Waals surface area contributed by atoms with Gasteiger partial charge >= 0.3 is 5.91 Å². The maximum atomic E-state index is 12.4. The van der Waals surface area contributed by atoms with Crippen LogP contribution in [0.4, 0.5) is 0 Å². The first-order valence-corrected chi connectivity index (χ1v) is 7.08. The van der Waals surface area contributed by atoms with Crippen molar-refractivity contribution in [2.75, 3.05) is 7.11 Å². The second kappa shape index (κ2) is 7.51. The molecule has 1 aromatic rings. The molecule has 0 unspecified atom stereocenters. The monoisotopic (exact) mass is 302 g/mol. The van der Waals surface area contributed by atoms with Crippen LogP contribution in [0.3, 0.4) is 0 Å². The van der Waals surface area contributed by atoms with E-state index in [0.717, 1.165) is 0 Å². The van der Waals surface area contributed by atoms with Crippen LogP contribution in [0.25, 0.3) is 0 Å². The van der Waals surface area contributed by atoms with Gasteiger partial charge in [-0.25, -0.2) is 5.01 Å². The summed E-state index contributed by atoms with van der Waals surface area (Å²) < 4.78 is 5.17. The van der Waals surface area contributed by atoms with E-state index < -0.39 is 17.4 Å². The minimum Gasteiger partial charge on any atom is -0.496 e. The Kier molecular flexibility index (Phi) is 6.00. The average molecular weight is 302 g/mol. The van der Waals surface area contributed by atoms with Crippen LogP contribution in [0, 0.1) is 11.8 Å². The summed E-state index contributed by atoms with van der Waals surface area (Å²) in [4.78, 5) is 24.6. The largest absolute Gasteiger partial charge is 0.496 e. The zero-order valence-corrected chi connectivity index (χ0v) is 13.7. The summed E-state index contributed by atoms with van der Waals surface area (Å²) in [6.45, 7) is 7.32.